The average Bonchev–Trinajstić information content (AvgIpc) is 2.36. The Labute approximate surface area is 98.8 Å². The fourth-order valence-electron chi connectivity index (χ4n) is 1.68. The van der Waals surface area contributed by atoms with E-state index in [0.29, 0.717) is 0 Å². The topological polar surface area (TPSA) is 51.3 Å². The molecule has 1 atom stereocenters. The number of benzene rings is 1. The number of hydrogen-bond acceptors (Lipinski definition) is 3. The zero-order valence-electron chi connectivity index (χ0n) is 9.18. The zero-order valence-corrected chi connectivity index (χ0v) is 9.18. The Balaban J connectivity index is 2.42. The molecule has 0 aliphatic carbocycles. The van der Waals surface area contributed by atoms with Crippen molar-refractivity contribution in [3.8, 4) is 0 Å². The first-order chi connectivity index (χ1) is 8.22. The van der Waals surface area contributed by atoms with Crippen LogP contribution in [-0.4, -0.2) is 11.7 Å². The number of anilines is 1. The standard InChI is InChI=1S/C13H12FN3/c1-16-13(9-4-6-17-7-5-9)10-2-3-11(14)12(15)8-10/h2-8,13H,1,15H2. The normalized spacial score (nSPS) is 12.1. The molecule has 0 spiro atoms. The van der Waals surface area contributed by atoms with E-state index in [1.54, 1.807) is 24.5 Å². The maximum Gasteiger partial charge on any atom is 0.146 e. The lowest BCUT2D eigenvalue weighted by molar-refractivity contribution is 0.631. The van der Waals surface area contributed by atoms with Gasteiger partial charge in [0.1, 0.15) is 5.82 Å². The maximum absolute atomic E-state index is 13.1. The number of halogens is 1. The summed E-state index contributed by atoms with van der Waals surface area (Å²) in [5.41, 5.74) is 7.41. The van der Waals surface area contributed by atoms with Crippen LogP contribution >= 0.6 is 0 Å². The van der Waals surface area contributed by atoms with Crippen molar-refractivity contribution in [2.75, 3.05) is 5.73 Å². The molecule has 4 heteroatoms. The van der Waals surface area contributed by atoms with E-state index in [-0.39, 0.29) is 11.7 Å². The molecular weight excluding hydrogens is 217 g/mol. The van der Waals surface area contributed by atoms with Crippen LogP contribution in [0.3, 0.4) is 0 Å². The van der Waals surface area contributed by atoms with Crippen molar-refractivity contribution < 1.29 is 4.39 Å². The number of rotatable bonds is 3. The minimum Gasteiger partial charge on any atom is -0.396 e. The van der Waals surface area contributed by atoms with Gasteiger partial charge in [-0.15, -0.1) is 0 Å². The van der Waals surface area contributed by atoms with E-state index in [1.807, 2.05) is 12.1 Å². The smallest absolute Gasteiger partial charge is 0.146 e. The molecule has 17 heavy (non-hydrogen) atoms. The molecule has 0 radical (unpaired) electrons. The summed E-state index contributed by atoms with van der Waals surface area (Å²) in [5, 5.41) is 0. The summed E-state index contributed by atoms with van der Waals surface area (Å²) in [6.45, 7) is 3.56. The largest absolute Gasteiger partial charge is 0.396 e. The fraction of sp³-hybridized carbons (Fsp3) is 0.0769. The van der Waals surface area contributed by atoms with E-state index in [4.69, 9.17) is 5.73 Å². The Bertz CT molecular complexity index is 525. The van der Waals surface area contributed by atoms with Crippen LogP contribution in [0.25, 0.3) is 0 Å². The van der Waals surface area contributed by atoms with Gasteiger partial charge in [-0.25, -0.2) is 4.39 Å². The number of aromatic nitrogens is 1. The molecule has 0 aliphatic rings. The molecule has 2 rings (SSSR count). The van der Waals surface area contributed by atoms with Gasteiger partial charge >= 0.3 is 0 Å². The van der Waals surface area contributed by atoms with Crippen molar-refractivity contribution in [3.63, 3.8) is 0 Å². The molecule has 1 unspecified atom stereocenters. The molecule has 2 N–H and O–H groups in total. The van der Waals surface area contributed by atoms with Gasteiger partial charge in [0, 0.05) is 12.4 Å². The van der Waals surface area contributed by atoms with Crippen LogP contribution in [-0.2, 0) is 0 Å². The Morgan fingerprint density at radius 1 is 1.18 bits per heavy atom. The number of pyridine rings is 1. The molecule has 1 heterocycles. The molecule has 1 aromatic carbocycles. The summed E-state index contributed by atoms with van der Waals surface area (Å²) in [7, 11) is 0. The quantitative estimate of drug-likeness (QED) is 0.649. The van der Waals surface area contributed by atoms with E-state index in [2.05, 4.69) is 16.7 Å². The molecule has 3 nitrogen and oxygen atoms in total. The summed E-state index contributed by atoms with van der Waals surface area (Å²) < 4.78 is 13.1. The Kier molecular flexibility index (Phi) is 3.14. The SMILES string of the molecule is C=NC(c1ccncc1)c1ccc(F)c(N)c1. The van der Waals surface area contributed by atoms with Crippen molar-refractivity contribution in [1.82, 2.24) is 4.98 Å². The van der Waals surface area contributed by atoms with Crippen molar-refractivity contribution in [2.45, 2.75) is 6.04 Å². The second kappa shape index (κ2) is 4.74. The Hall–Kier alpha value is -2.23. The predicted molar refractivity (Wildman–Crippen MR) is 66.4 cm³/mol. The molecule has 0 saturated carbocycles. The molecule has 0 aliphatic heterocycles. The lowest BCUT2D eigenvalue weighted by Crippen LogP contribution is -2.00. The molecule has 0 bridgehead atoms. The van der Waals surface area contributed by atoms with Crippen molar-refractivity contribution in [1.29, 1.82) is 0 Å². The van der Waals surface area contributed by atoms with Crippen LogP contribution in [0.5, 0.6) is 0 Å². The van der Waals surface area contributed by atoms with Gasteiger partial charge in [0.15, 0.2) is 0 Å². The number of nitrogens with two attached hydrogens (primary N) is 1. The number of aliphatic imine (C=N–C) groups is 1. The summed E-state index contributed by atoms with van der Waals surface area (Å²) in [5.74, 6) is -0.425. The third-order valence-corrected chi connectivity index (χ3v) is 2.54. The lowest BCUT2D eigenvalue weighted by Gasteiger charge is -2.13. The van der Waals surface area contributed by atoms with Gasteiger partial charge in [-0.05, 0) is 42.1 Å². The number of hydrogen-bond donors (Lipinski definition) is 1. The molecule has 86 valence electrons. The second-order valence-corrected chi connectivity index (χ2v) is 3.65. The third-order valence-electron chi connectivity index (χ3n) is 2.54. The van der Waals surface area contributed by atoms with Crippen LogP contribution in [0.1, 0.15) is 17.2 Å². The zero-order chi connectivity index (χ0) is 12.3. The maximum atomic E-state index is 13.1. The van der Waals surface area contributed by atoms with Gasteiger partial charge in [-0.3, -0.25) is 9.98 Å². The minimum atomic E-state index is -0.425. The van der Waals surface area contributed by atoms with Crippen LogP contribution in [0, 0.1) is 5.82 Å². The average molecular weight is 229 g/mol. The lowest BCUT2D eigenvalue weighted by atomic mass is 10.00. The number of nitrogen functional groups attached to an aromatic ring is 1. The fourth-order valence-corrected chi connectivity index (χ4v) is 1.68. The number of nitrogens with zero attached hydrogens (tertiary/aromatic N) is 2. The van der Waals surface area contributed by atoms with Crippen molar-refractivity contribution in [2.24, 2.45) is 4.99 Å². The van der Waals surface area contributed by atoms with Gasteiger partial charge in [-0.2, -0.15) is 0 Å². The Morgan fingerprint density at radius 2 is 1.88 bits per heavy atom. The van der Waals surface area contributed by atoms with Gasteiger partial charge in [0.25, 0.3) is 0 Å². The highest BCUT2D eigenvalue weighted by atomic mass is 19.1. The van der Waals surface area contributed by atoms with Crippen LogP contribution in [0.15, 0.2) is 47.7 Å². The van der Waals surface area contributed by atoms with Crippen molar-refractivity contribution in [3.05, 3.63) is 59.7 Å². The first-order valence-electron chi connectivity index (χ1n) is 5.13. The summed E-state index contributed by atoms with van der Waals surface area (Å²) >= 11 is 0. The third kappa shape index (κ3) is 2.30. The molecule has 1 aromatic heterocycles. The van der Waals surface area contributed by atoms with Crippen LogP contribution in [0.2, 0.25) is 0 Å². The van der Waals surface area contributed by atoms with Gasteiger partial charge in [-0.1, -0.05) is 6.07 Å². The first-order valence-corrected chi connectivity index (χ1v) is 5.13. The van der Waals surface area contributed by atoms with E-state index in [0.717, 1.165) is 11.1 Å². The summed E-state index contributed by atoms with van der Waals surface area (Å²) in [6.07, 6.45) is 3.36. The highest BCUT2D eigenvalue weighted by Crippen LogP contribution is 2.27. The van der Waals surface area contributed by atoms with Gasteiger partial charge in [0.05, 0.1) is 11.7 Å². The van der Waals surface area contributed by atoms with Gasteiger partial charge in [0.2, 0.25) is 0 Å². The molecule has 0 fully saturated rings. The summed E-state index contributed by atoms with van der Waals surface area (Å²) in [6, 6.07) is 8.02. The van der Waals surface area contributed by atoms with Crippen LogP contribution in [0.4, 0.5) is 10.1 Å². The van der Waals surface area contributed by atoms with E-state index in [1.165, 1.54) is 6.07 Å². The highest BCUT2D eigenvalue weighted by Gasteiger charge is 2.12. The predicted octanol–water partition coefficient (Wildman–Crippen LogP) is 2.59. The van der Waals surface area contributed by atoms with E-state index in [9.17, 15) is 4.39 Å². The molecule has 0 saturated heterocycles. The Morgan fingerprint density at radius 3 is 2.47 bits per heavy atom. The molecular formula is C13H12FN3. The second-order valence-electron chi connectivity index (χ2n) is 3.65. The van der Waals surface area contributed by atoms with E-state index >= 15 is 0 Å². The first kappa shape index (κ1) is 11.3. The van der Waals surface area contributed by atoms with E-state index < -0.39 is 5.82 Å². The van der Waals surface area contributed by atoms with Crippen LogP contribution < -0.4 is 5.73 Å². The minimum absolute atomic E-state index is 0.116. The molecule has 2 aromatic rings. The van der Waals surface area contributed by atoms with Gasteiger partial charge < -0.3 is 5.73 Å². The summed E-state index contributed by atoms with van der Waals surface area (Å²) in [4.78, 5) is 7.98. The van der Waals surface area contributed by atoms with Crippen molar-refractivity contribution >= 4 is 12.4 Å². The molecule has 0 amide bonds. The highest BCUT2D eigenvalue weighted by molar-refractivity contribution is 5.46. The monoisotopic (exact) mass is 229 g/mol.